The van der Waals surface area contributed by atoms with Crippen molar-refractivity contribution in [3.63, 3.8) is 0 Å². The zero-order chi connectivity index (χ0) is 18.8. The molecular weight excluding hydrogens is 396 g/mol. The summed E-state index contributed by atoms with van der Waals surface area (Å²) < 4.78 is 14.8. The number of thioether (sulfide) groups is 1. The van der Waals surface area contributed by atoms with Crippen molar-refractivity contribution in [1.82, 2.24) is 9.97 Å². The molecule has 0 atom stereocenters. The molecule has 0 aliphatic heterocycles. The number of hydrogen-bond acceptors (Lipinski definition) is 4. The van der Waals surface area contributed by atoms with E-state index in [0.29, 0.717) is 26.3 Å². The highest BCUT2D eigenvalue weighted by Crippen LogP contribution is 2.31. The van der Waals surface area contributed by atoms with E-state index in [4.69, 9.17) is 23.2 Å². The summed E-state index contributed by atoms with van der Waals surface area (Å²) in [5, 5.41) is 10.4. The second-order valence-electron chi connectivity index (χ2n) is 5.26. The molecule has 0 spiro atoms. The molecule has 1 N–H and O–H groups in total. The van der Waals surface area contributed by atoms with Crippen molar-refractivity contribution in [2.24, 2.45) is 0 Å². The van der Waals surface area contributed by atoms with E-state index in [2.05, 4.69) is 9.97 Å². The van der Waals surface area contributed by atoms with E-state index in [1.54, 1.807) is 36.6 Å². The first-order valence-electron chi connectivity index (χ1n) is 7.27. The molecule has 0 aliphatic rings. The largest absolute Gasteiger partial charge is 0.300 e. The van der Waals surface area contributed by atoms with Crippen LogP contribution in [0.1, 0.15) is 5.56 Å². The molecule has 130 valence electrons. The van der Waals surface area contributed by atoms with Crippen LogP contribution in [0.2, 0.25) is 10.0 Å². The second kappa shape index (κ2) is 7.50. The first kappa shape index (κ1) is 18.5. The van der Waals surface area contributed by atoms with E-state index in [-0.39, 0.29) is 16.8 Å². The van der Waals surface area contributed by atoms with Crippen LogP contribution in [0, 0.1) is 17.1 Å². The maximum absolute atomic E-state index is 14.8. The van der Waals surface area contributed by atoms with Crippen molar-refractivity contribution in [2.75, 3.05) is 6.26 Å². The SMILES string of the molecule is CSc1nc(-c2ccc(-c3cc(Cl)cc(Cl)c3)cc2F)c(C#N)c(=O)[nH]1. The van der Waals surface area contributed by atoms with E-state index in [1.165, 1.54) is 23.9 Å². The van der Waals surface area contributed by atoms with Crippen molar-refractivity contribution >= 4 is 35.0 Å². The fraction of sp³-hybridized carbons (Fsp3) is 0.0556. The van der Waals surface area contributed by atoms with Gasteiger partial charge >= 0.3 is 0 Å². The molecule has 1 aromatic heterocycles. The maximum Gasteiger partial charge on any atom is 0.270 e. The average Bonchev–Trinajstić information content (AvgIpc) is 2.60. The minimum atomic E-state index is -0.611. The molecule has 0 bridgehead atoms. The van der Waals surface area contributed by atoms with Gasteiger partial charge in [-0.3, -0.25) is 4.79 Å². The van der Waals surface area contributed by atoms with Crippen LogP contribution >= 0.6 is 35.0 Å². The number of aromatic amines is 1. The Morgan fingerprint density at radius 3 is 2.42 bits per heavy atom. The van der Waals surface area contributed by atoms with Crippen LogP contribution in [0.4, 0.5) is 4.39 Å². The van der Waals surface area contributed by atoms with Gasteiger partial charge in [-0.05, 0) is 47.7 Å². The van der Waals surface area contributed by atoms with Crippen LogP contribution in [-0.4, -0.2) is 16.2 Å². The molecule has 3 aromatic rings. The minimum Gasteiger partial charge on any atom is -0.300 e. The van der Waals surface area contributed by atoms with Crippen LogP contribution in [0.5, 0.6) is 0 Å². The number of rotatable bonds is 3. The van der Waals surface area contributed by atoms with E-state index in [0.717, 1.165) is 0 Å². The van der Waals surface area contributed by atoms with E-state index >= 15 is 0 Å². The third-order valence-corrected chi connectivity index (χ3v) is 4.64. The summed E-state index contributed by atoms with van der Waals surface area (Å²) in [5.74, 6) is -0.611. The van der Waals surface area contributed by atoms with Crippen molar-refractivity contribution in [3.05, 3.63) is 68.2 Å². The quantitative estimate of drug-likeness (QED) is 0.483. The van der Waals surface area contributed by atoms with Gasteiger partial charge in [-0.1, -0.05) is 41.0 Å². The molecule has 8 heteroatoms. The van der Waals surface area contributed by atoms with Crippen LogP contribution in [0.15, 0.2) is 46.3 Å². The fourth-order valence-corrected chi connectivity index (χ4v) is 3.36. The Morgan fingerprint density at radius 1 is 1.15 bits per heavy atom. The Labute approximate surface area is 162 Å². The summed E-state index contributed by atoms with van der Waals surface area (Å²) >= 11 is 13.2. The second-order valence-corrected chi connectivity index (χ2v) is 6.93. The zero-order valence-electron chi connectivity index (χ0n) is 13.3. The fourth-order valence-electron chi connectivity index (χ4n) is 2.46. The third-order valence-electron chi connectivity index (χ3n) is 3.62. The summed E-state index contributed by atoms with van der Waals surface area (Å²) in [6.45, 7) is 0. The number of hydrogen-bond donors (Lipinski definition) is 1. The van der Waals surface area contributed by atoms with Gasteiger partial charge in [-0.15, -0.1) is 0 Å². The van der Waals surface area contributed by atoms with E-state index < -0.39 is 11.4 Å². The molecule has 0 unspecified atom stereocenters. The average molecular weight is 406 g/mol. The van der Waals surface area contributed by atoms with Gasteiger partial charge in [0.05, 0.1) is 5.69 Å². The van der Waals surface area contributed by atoms with Gasteiger partial charge in [-0.25, -0.2) is 9.37 Å². The van der Waals surface area contributed by atoms with Gasteiger partial charge in [0.1, 0.15) is 17.4 Å². The first-order valence-corrected chi connectivity index (χ1v) is 9.26. The number of nitrogens with one attached hydrogen (secondary N) is 1. The molecule has 1 heterocycles. The predicted molar refractivity (Wildman–Crippen MR) is 102 cm³/mol. The lowest BCUT2D eigenvalue weighted by Crippen LogP contribution is -2.15. The third kappa shape index (κ3) is 3.61. The molecule has 3 rings (SSSR count). The van der Waals surface area contributed by atoms with Crippen LogP contribution in [0.25, 0.3) is 22.4 Å². The van der Waals surface area contributed by atoms with Gasteiger partial charge in [0.25, 0.3) is 5.56 Å². The van der Waals surface area contributed by atoms with Crippen LogP contribution in [0.3, 0.4) is 0 Å². The van der Waals surface area contributed by atoms with Gasteiger partial charge in [0, 0.05) is 15.6 Å². The highest BCUT2D eigenvalue weighted by atomic mass is 35.5. The predicted octanol–water partition coefficient (Wildman–Crippen LogP) is 5.14. The van der Waals surface area contributed by atoms with Crippen molar-refractivity contribution < 1.29 is 4.39 Å². The lowest BCUT2D eigenvalue weighted by molar-refractivity contribution is 0.630. The number of benzene rings is 2. The smallest absolute Gasteiger partial charge is 0.270 e. The molecule has 4 nitrogen and oxygen atoms in total. The number of nitriles is 1. The Bertz CT molecular complexity index is 1090. The lowest BCUT2D eigenvalue weighted by atomic mass is 10.0. The monoisotopic (exact) mass is 405 g/mol. The molecule has 0 saturated heterocycles. The first-order chi connectivity index (χ1) is 12.4. The van der Waals surface area contributed by atoms with Crippen LogP contribution < -0.4 is 5.56 Å². The highest BCUT2D eigenvalue weighted by Gasteiger charge is 2.17. The van der Waals surface area contributed by atoms with Gasteiger partial charge in [0.2, 0.25) is 0 Å². The number of aromatic nitrogens is 2. The van der Waals surface area contributed by atoms with Gasteiger partial charge in [0.15, 0.2) is 5.16 Å². The lowest BCUT2D eigenvalue weighted by Gasteiger charge is -2.09. The van der Waals surface area contributed by atoms with Crippen molar-refractivity contribution in [1.29, 1.82) is 5.26 Å². The molecule has 0 saturated carbocycles. The Hall–Kier alpha value is -2.33. The molecule has 26 heavy (non-hydrogen) atoms. The summed E-state index contributed by atoms with van der Waals surface area (Å²) in [6, 6.07) is 11.1. The maximum atomic E-state index is 14.8. The highest BCUT2D eigenvalue weighted by molar-refractivity contribution is 7.98. The summed E-state index contributed by atoms with van der Waals surface area (Å²) in [4.78, 5) is 18.7. The zero-order valence-corrected chi connectivity index (χ0v) is 15.6. The molecule has 0 fully saturated rings. The molecular formula is C18H10Cl2FN3OS. The van der Waals surface area contributed by atoms with Crippen molar-refractivity contribution in [3.8, 4) is 28.5 Å². The molecule has 0 aliphatic carbocycles. The summed E-state index contributed by atoms with van der Waals surface area (Å²) in [5.41, 5.74) is 0.446. The normalized spacial score (nSPS) is 10.6. The Morgan fingerprint density at radius 2 is 1.85 bits per heavy atom. The molecule has 0 amide bonds. The molecule has 0 radical (unpaired) electrons. The molecule has 2 aromatic carbocycles. The van der Waals surface area contributed by atoms with E-state index in [1.807, 2.05) is 0 Å². The van der Waals surface area contributed by atoms with Gasteiger partial charge < -0.3 is 4.98 Å². The van der Waals surface area contributed by atoms with Gasteiger partial charge in [-0.2, -0.15) is 5.26 Å². The number of nitrogens with zero attached hydrogens (tertiary/aromatic N) is 2. The summed E-state index contributed by atoms with van der Waals surface area (Å²) in [7, 11) is 0. The minimum absolute atomic E-state index is 0.00813. The Balaban J connectivity index is 2.16. The van der Waals surface area contributed by atoms with E-state index in [9.17, 15) is 14.4 Å². The standard InChI is InChI=1S/C18H10Cl2FN3OS/c1-26-18-23-16(14(8-22)17(25)24-18)13-3-2-9(6-15(13)21)10-4-11(19)7-12(20)5-10/h2-7H,1H3,(H,23,24,25). The number of H-pyrrole nitrogens is 1. The number of halogens is 3. The van der Waals surface area contributed by atoms with Crippen molar-refractivity contribution in [2.45, 2.75) is 5.16 Å². The Kier molecular flexibility index (Phi) is 5.33. The summed E-state index contributed by atoms with van der Waals surface area (Å²) in [6.07, 6.45) is 1.72. The topological polar surface area (TPSA) is 69.5 Å². The van der Waals surface area contributed by atoms with Crippen LogP contribution in [-0.2, 0) is 0 Å².